The highest BCUT2D eigenvalue weighted by atomic mass is 32.2. The van der Waals surface area contributed by atoms with Gasteiger partial charge in [0.1, 0.15) is 0 Å². The average Bonchev–Trinajstić information content (AvgIpc) is 2.79. The van der Waals surface area contributed by atoms with Crippen molar-refractivity contribution in [2.24, 2.45) is 0 Å². The van der Waals surface area contributed by atoms with Crippen LogP contribution in [0.2, 0.25) is 0 Å². The Labute approximate surface area is 185 Å². The first-order valence-corrected chi connectivity index (χ1v) is 12.6. The quantitative estimate of drug-likeness (QED) is 0.692. The highest BCUT2D eigenvalue weighted by Gasteiger charge is 2.30. The molecule has 166 valence electrons. The molecule has 1 atom stereocenters. The van der Waals surface area contributed by atoms with E-state index in [-0.39, 0.29) is 17.7 Å². The van der Waals surface area contributed by atoms with Gasteiger partial charge in [-0.2, -0.15) is 4.31 Å². The number of piperazine rings is 1. The van der Waals surface area contributed by atoms with Crippen molar-refractivity contribution < 1.29 is 13.2 Å². The number of carbonyl (C=O) groups is 1. The van der Waals surface area contributed by atoms with Crippen molar-refractivity contribution in [3.05, 3.63) is 71.3 Å². The van der Waals surface area contributed by atoms with Crippen LogP contribution in [-0.4, -0.2) is 68.2 Å². The Morgan fingerprint density at radius 2 is 1.68 bits per heavy atom. The Kier molecular flexibility index (Phi) is 6.74. The highest BCUT2D eigenvalue weighted by Crippen LogP contribution is 2.33. The molecular weight excluding hydrogens is 410 g/mol. The summed E-state index contributed by atoms with van der Waals surface area (Å²) >= 11 is 0. The van der Waals surface area contributed by atoms with E-state index < -0.39 is 10.0 Å². The van der Waals surface area contributed by atoms with E-state index >= 15 is 0 Å². The molecule has 2 aromatic carbocycles. The molecule has 0 N–H and O–H groups in total. The molecule has 4 rings (SSSR count). The Morgan fingerprint density at radius 3 is 2.42 bits per heavy atom. The normalized spacial score (nSPS) is 20.2. The minimum absolute atomic E-state index is 0.0244. The van der Waals surface area contributed by atoms with E-state index in [4.69, 9.17) is 0 Å². The molecule has 2 aliphatic rings. The summed E-state index contributed by atoms with van der Waals surface area (Å²) in [6, 6.07) is 17.8. The van der Waals surface area contributed by atoms with Gasteiger partial charge >= 0.3 is 0 Å². The van der Waals surface area contributed by atoms with E-state index in [9.17, 15) is 13.2 Å². The van der Waals surface area contributed by atoms with Crippen molar-refractivity contribution in [2.45, 2.75) is 31.1 Å². The number of sulfonamides is 1. The zero-order valence-corrected chi connectivity index (χ0v) is 18.9. The van der Waals surface area contributed by atoms with Crippen LogP contribution in [0.15, 0.2) is 54.6 Å². The third kappa shape index (κ3) is 5.17. The maximum atomic E-state index is 13.0. The van der Waals surface area contributed by atoms with Crippen molar-refractivity contribution >= 4 is 15.9 Å². The summed E-state index contributed by atoms with van der Waals surface area (Å²) < 4.78 is 27.1. The second kappa shape index (κ2) is 9.51. The first-order valence-electron chi connectivity index (χ1n) is 11.0. The molecule has 2 aromatic rings. The maximum absolute atomic E-state index is 13.0. The van der Waals surface area contributed by atoms with Gasteiger partial charge in [-0.05, 0) is 36.0 Å². The lowest BCUT2D eigenvalue weighted by Crippen LogP contribution is -2.51. The first-order chi connectivity index (χ1) is 14.9. The molecule has 31 heavy (non-hydrogen) atoms. The predicted octanol–water partition coefficient (Wildman–Crippen LogP) is 2.67. The van der Waals surface area contributed by atoms with Gasteiger partial charge < -0.3 is 4.90 Å². The number of fused-ring (bicyclic) bond motifs is 1. The molecule has 7 heteroatoms. The number of nitrogens with zero attached hydrogens (tertiary/aromatic N) is 3. The summed E-state index contributed by atoms with van der Waals surface area (Å²) in [5, 5.41) is 0. The summed E-state index contributed by atoms with van der Waals surface area (Å²) in [6.07, 6.45) is 3.16. The lowest BCUT2D eigenvalue weighted by atomic mass is 9.87. The second-order valence-electron chi connectivity index (χ2n) is 8.53. The van der Waals surface area contributed by atoms with Crippen molar-refractivity contribution in [2.75, 3.05) is 39.8 Å². The lowest BCUT2D eigenvalue weighted by Gasteiger charge is -2.37. The Balaban J connectivity index is 1.31. The second-order valence-corrected chi connectivity index (χ2v) is 10.5. The fraction of sp³-hybridized carbons (Fsp3) is 0.458. The topological polar surface area (TPSA) is 60.9 Å². The fourth-order valence-corrected chi connectivity index (χ4v) is 6.17. The Bertz CT molecular complexity index is 1000. The van der Waals surface area contributed by atoms with E-state index in [0.717, 1.165) is 24.8 Å². The smallest absolute Gasteiger partial charge is 0.237 e. The summed E-state index contributed by atoms with van der Waals surface area (Å²) in [6.45, 7) is 2.35. The molecule has 6 nitrogen and oxygen atoms in total. The van der Waals surface area contributed by atoms with E-state index in [1.807, 2.05) is 48.3 Å². The SMILES string of the molecule is CN(C(=O)CN1CCN(S(=O)(=O)Cc2ccccc2)CC1)C1CCCc2ccccc21. The first kappa shape index (κ1) is 22.0. The maximum Gasteiger partial charge on any atom is 0.237 e. The zero-order chi connectivity index (χ0) is 21.8. The number of hydrogen-bond donors (Lipinski definition) is 0. The number of rotatable bonds is 6. The van der Waals surface area contributed by atoms with Gasteiger partial charge in [-0.3, -0.25) is 9.69 Å². The zero-order valence-electron chi connectivity index (χ0n) is 18.1. The molecule has 0 bridgehead atoms. The van der Waals surface area contributed by atoms with Crippen LogP contribution in [0, 0.1) is 0 Å². The van der Waals surface area contributed by atoms with Crippen LogP contribution < -0.4 is 0 Å². The molecule has 0 aromatic heterocycles. The summed E-state index contributed by atoms with van der Waals surface area (Å²) in [7, 11) is -1.45. The van der Waals surface area contributed by atoms with E-state index in [1.165, 1.54) is 11.1 Å². The van der Waals surface area contributed by atoms with Gasteiger partial charge in [0, 0.05) is 33.2 Å². The van der Waals surface area contributed by atoms with E-state index in [1.54, 1.807) is 4.31 Å². The molecule has 1 amide bonds. The standard InChI is InChI=1S/C24H31N3O3S/c1-25(23-13-7-11-21-10-5-6-12-22(21)23)24(28)18-26-14-16-27(17-15-26)31(29,30)19-20-8-3-2-4-9-20/h2-6,8-10,12,23H,7,11,13-19H2,1H3. The number of carbonyl (C=O) groups excluding carboxylic acids is 1. The molecule has 1 aliphatic carbocycles. The lowest BCUT2D eigenvalue weighted by molar-refractivity contribution is -0.133. The van der Waals surface area contributed by atoms with Crippen LogP contribution in [-0.2, 0) is 27.0 Å². The van der Waals surface area contributed by atoms with Crippen molar-refractivity contribution in [3.63, 3.8) is 0 Å². The molecule has 1 saturated heterocycles. The fourth-order valence-electron chi connectivity index (χ4n) is 4.65. The number of likely N-dealkylation sites (N-methyl/N-ethyl adjacent to an activating group) is 1. The summed E-state index contributed by atoms with van der Waals surface area (Å²) in [5.74, 6) is 0.124. The summed E-state index contributed by atoms with van der Waals surface area (Å²) in [4.78, 5) is 16.9. The van der Waals surface area contributed by atoms with Gasteiger partial charge in [-0.15, -0.1) is 0 Å². The number of benzene rings is 2. The van der Waals surface area contributed by atoms with E-state index in [2.05, 4.69) is 23.1 Å². The summed E-state index contributed by atoms with van der Waals surface area (Å²) in [5.41, 5.74) is 3.41. The van der Waals surface area contributed by atoms with Gasteiger partial charge in [-0.25, -0.2) is 8.42 Å². The molecule has 0 radical (unpaired) electrons. The van der Waals surface area contributed by atoms with Crippen LogP contribution in [0.1, 0.15) is 35.6 Å². The van der Waals surface area contributed by atoms with Gasteiger partial charge in [-0.1, -0.05) is 54.6 Å². The van der Waals surface area contributed by atoms with Gasteiger partial charge in [0.15, 0.2) is 0 Å². The van der Waals surface area contributed by atoms with Crippen molar-refractivity contribution in [3.8, 4) is 0 Å². The molecular formula is C24H31N3O3S. The molecule has 0 saturated carbocycles. The van der Waals surface area contributed by atoms with Crippen LogP contribution in [0.5, 0.6) is 0 Å². The third-order valence-electron chi connectivity index (χ3n) is 6.47. The average molecular weight is 442 g/mol. The minimum Gasteiger partial charge on any atom is -0.338 e. The molecule has 1 heterocycles. The van der Waals surface area contributed by atoms with Gasteiger partial charge in [0.2, 0.25) is 15.9 Å². The van der Waals surface area contributed by atoms with Crippen molar-refractivity contribution in [1.29, 1.82) is 0 Å². The largest absolute Gasteiger partial charge is 0.338 e. The number of hydrogen-bond acceptors (Lipinski definition) is 4. The number of amides is 1. The highest BCUT2D eigenvalue weighted by molar-refractivity contribution is 7.88. The number of aryl methyl sites for hydroxylation is 1. The van der Waals surface area contributed by atoms with Crippen LogP contribution >= 0.6 is 0 Å². The monoisotopic (exact) mass is 441 g/mol. The third-order valence-corrected chi connectivity index (χ3v) is 8.32. The molecule has 0 spiro atoms. The van der Waals surface area contributed by atoms with Crippen molar-refractivity contribution in [1.82, 2.24) is 14.1 Å². The minimum atomic E-state index is -3.34. The predicted molar refractivity (Wildman–Crippen MR) is 122 cm³/mol. The Hall–Kier alpha value is -2.22. The van der Waals surface area contributed by atoms with Crippen LogP contribution in [0.25, 0.3) is 0 Å². The van der Waals surface area contributed by atoms with E-state index in [0.29, 0.717) is 32.7 Å². The Morgan fingerprint density at radius 1 is 1.00 bits per heavy atom. The van der Waals surface area contributed by atoms with Gasteiger partial charge in [0.05, 0.1) is 18.3 Å². The molecule has 1 unspecified atom stereocenters. The van der Waals surface area contributed by atoms with Crippen LogP contribution in [0.4, 0.5) is 0 Å². The van der Waals surface area contributed by atoms with Crippen LogP contribution in [0.3, 0.4) is 0 Å². The molecule has 1 aliphatic heterocycles. The van der Waals surface area contributed by atoms with Gasteiger partial charge in [0.25, 0.3) is 0 Å². The molecule has 1 fully saturated rings.